The van der Waals surface area contributed by atoms with Gasteiger partial charge >= 0.3 is 12.1 Å². The Kier molecular flexibility index (Phi) is 7.22. The molecule has 8 nitrogen and oxygen atoms in total. The van der Waals surface area contributed by atoms with Crippen molar-refractivity contribution < 1.29 is 33.6 Å². The van der Waals surface area contributed by atoms with Crippen molar-refractivity contribution in [2.45, 2.75) is 38.1 Å². The summed E-state index contributed by atoms with van der Waals surface area (Å²) in [5.41, 5.74) is 6.86. The number of aliphatic carboxylic acids is 1. The van der Waals surface area contributed by atoms with Crippen LogP contribution >= 0.6 is 0 Å². The summed E-state index contributed by atoms with van der Waals surface area (Å²) in [5.74, 6) is 0.856. The molecule has 6 rings (SSSR count). The Balaban J connectivity index is 1.26. The zero-order valence-corrected chi connectivity index (χ0v) is 24.5. The molecular formula is C35H33NO7. The van der Waals surface area contributed by atoms with Crippen LogP contribution in [0, 0.1) is 0 Å². The first-order chi connectivity index (χ1) is 20.7. The van der Waals surface area contributed by atoms with Crippen LogP contribution in [0.15, 0.2) is 72.8 Å². The van der Waals surface area contributed by atoms with E-state index in [1.807, 2.05) is 42.5 Å². The molecule has 1 amide bonds. The molecule has 1 aliphatic heterocycles. The molecule has 0 saturated carbocycles. The zero-order valence-electron chi connectivity index (χ0n) is 24.5. The number of rotatable bonds is 8. The second-order valence-corrected chi connectivity index (χ2v) is 11.2. The minimum absolute atomic E-state index is 0.0551. The standard InChI is InChI=1S/C35H33NO7/c1-35(2)27-13-15-29(40-3)24(17-31(37)38)32(27)43-33-25(30(41-4)16-14-28(33)35)18-36-34(39)42-19-26-22-11-7-5-9-20(22)21-10-6-8-12-23(21)26/h5-16,26H,17-19H2,1-4H3,(H,36,39)(H,37,38). The molecule has 0 unspecified atom stereocenters. The molecule has 4 aromatic rings. The first-order valence-electron chi connectivity index (χ1n) is 14.1. The number of hydrogen-bond acceptors (Lipinski definition) is 6. The molecule has 0 fully saturated rings. The molecule has 0 spiro atoms. The highest BCUT2D eigenvalue weighted by Crippen LogP contribution is 2.53. The van der Waals surface area contributed by atoms with Crippen LogP contribution in [0.5, 0.6) is 23.0 Å². The number of alkyl carbamates (subject to hydrolysis) is 1. The first kappa shape index (κ1) is 28.2. The van der Waals surface area contributed by atoms with Crippen LogP contribution in [0.3, 0.4) is 0 Å². The molecule has 0 saturated heterocycles. The molecular weight excluding hydrogens is 546 g/mol. The fraction of sp³-hybridized carbons (Fsp3) is 0.257. The van der Waals surface area contributed by atoms with Crippen LogP contribution < -0.4 is 19.5 Å². The van der Waals surface area contributed by atoms with E-state index in [0.717, 1.165) is 33.4 Å². The molecule has 0 bridgehead atoms. The van der Waals surface area contributed by atoms with Crippen LogP contribution in [0.4, 0.5) is 4.79 Å². The Morgan fingerprint density at radius 2 is 1.35 bits per heavy atom. The quantitative estimate of drug-likeness (QED) is 0.237. The van der Waals surface area contributed by atoms with Gasteiger partial charge in [-0.05, 0) is 34.4 Å². The average Bonchev–Trinajstić information content (AvgIpc) is 3.32. The molecule has 0 aromatic heterocycles. The van der Waals surface area contributed by atoms with Gasteiger partial charge in [0, 0.05) is 28.0 Å². The molecule has 1 aliphatic carbocycles. The molecule has 43 heavy (non-hydrogen) atoms. The third-order valence-electron chi connectivity index (χ3n) is 8.51. The predicted molar refractivity (Wildman–Crippen MR) is 161 cm³/mol. The van der Waals surface area contributed by atoms with Crippen molar-refractivity contribution in [1.82, 2.24) is 5.32 Å². The molecule has 4 aromatic carbocycles. The van der Waals surface area contributed by atoms with Gasteiger partial charge in [0.05, 0.1) is 32.7 Å². The number of benzene rings is 4. The van der Waals surface area contributed by atoms with Crippen molar-refractivity contribution in [1.29, 1.82) is 0 Å². The molecule has 0 radical (unpaired) electrons. The number of fused-ring (bicyclic) bond motifs is 5. The van der Waals surface area contributed by atoms with Crippen molar-refractivity contribution in [3.8, 4) is 34.1 Å². The fourth-order valence-corrected chi connectivity index (χ4v) is 6.36. The number of ether oxygens (including phenoxy) is 4. The summed E-state index contributed by atoms with van der Waals surface area (Å²) in [5, 5.41) is 12.5. The highest BCUT2D eigenvalue weighted by atomic mass is 16.5. The predicted octanol–water partition coefficient (Wildman–Crippen LogP) is 6.80. The molecule has 0 atom stereocenters. The number of carboxylic acids is 1. The maximum atomic E-state index is 13.1. The molecule has 2 N–H and O–H groups in total. The largest absolute Gasteiger partial charge is 0.496 e. The SMILES string of the molecule is COc1ccc2c(c1CNC(=O)OCC1c3ccccc3-c3ccccc31)Oc1c(ccc(OC)c1CC(=O)O)C2(C)C. The van der Waals surface area contributed by atoms with Crippen molar-refractivity contribution in [2.75, 3.05) is 20.8 Å². The second kappa shape index (κ2) is 11.0. The van der Waals surface area contributed by atoms with Crippen molar-refractivity contribution in [3.05, 3.63) is 106 Å². The first-order valence-corrected chi connectivity index (χ1v) is 14.1. The smallest absolute Gasteiger partial charge is 0.407 e. The highest BCUT2D eigenvalue weighted by molar-refractivity contribution is 5.79. The second-order valence-electron chi connectivity index (χ2n) is 11.2. The van der Waals surface area contributed by atoms with Crippen molar-refractivity contribution >= 4 is 12.1 Å². The van der Waals surface area contributed by atoms with E-state index in [1.54, 1.807) is 13.2 Å². The van der Waals surface area contributed by atoms with Gasteiger partial charge in [0.2, 0.25) is 0 Å². The Morgan fingerprint density at radius 3 is 1.91 bits per heavy atom. The summed E-state index contributed by atoms with van der Waals surface area (Å²) in [7, 11) is 3.06. The van der Waals surface area contributed by atoms with Gasteiger partial charge in [-0.3, -0.25) is 4.79 Å². The number of hydrogen-bond donors (Lipinski definition) is 2. The van der Waals surface area contributed by atoms with Crippen molar-refractivity contribution in [3.63, 3.8) is 0 Å². The lowest BCUT2D eigenvalue weighted by molar-refractivity contribution is -0.136. The maximum absolute atomic E-state index is 13.1. The summed E-state index contributed by atoms with van der Waals surface area (Å²) in [4.78, 5) is 24.8. The molecule has 220 valence electrons. The van der Waals surface area contributed by atoms with Crippen LogP contribution in [-0.4, -0.2) is 38.0 Å². The monoisotopic (exact) mass is 579 g/mol. The summed E-state index contributed by atoms with van der Waals surface area (Å²) in [6, 6.07) is 23.8. The van der Waals surface area contributed by atoms with Crippen LogP contribution in [0.1, 0.15) is 53.1 Å². The number of carbonyl (C=O) groups excluding carboxylic acids is 1. The topological polar surface area (TPSA) is 103 Å². The third-order valence-corrected chi connectivity index (χ3v) is 8.51. The van der Waals surface area contributed by atoms with Gasteiger partial charge in [-0.25, -0.2) is 4.79 Å². The van der Waals surface area contributed by atoms with E-state index in [0.29, 0.717) is 34.1 Å². The lowest BCUT2D eigenvalue weighted by Gasteiger charge is -2.37. The van der Waals surface area contributed by atoms with Crippen LogP contribution in [0.25, 0.3) is 11.1 Å². The minimum atomic E-state index is -0.998. The van der Waals surface area contributed by atoms with Crippen LogP contribution in [0.2, 0.25) is 0 Å². The number of nitrogens with one attached hydrogen (secondary N) is 1. The average molecular weight is 580 g/mol. The van der Waals surface area contributed by atoms with E-state index in [-0.39, 0.29) is 25.5 Å². The van der Waals surface area contributed by atoms with Gasteiger partial charge in [0.15, 0.2) is 0 Å². The number of carbonyl (C=O) groups is 2. The van der Waals surface area contributed by atoms with E-state index >= 15 is 0 Å². The van der Waals surface area contributed by atoms with Gasteiger partial charge < -0.3 is 29.4 Å². The Labute approximate surface area is 250 Å². The Bertz CT molecular complexity index is 1700. The van der Waals surface area contributed by atoms with Gasteiger partial charge in [0.25, 0.3) is 0 Å². The van der Waals surface area contributed by atoms with Gasteiger partial charge in [-0.15, -0.1) is 0 Å². The fourth-order valence-electron chi connectivity index (χ4n) is 6.36. The Morgan fingerprint density at radius 1 is 0.814 bits per heavy atom. The van der Waals surface area contributed by atoms with Crippen molar-refractivity contribution in [2.24, 2.45) is 0 Å². The number of amides is 1. The van der Waals surface area contributed by atoms with Gasteiger partial charge in [0.1, 0.15) is 29.6 Å². The molecule has 8 heteroatoms. The van der Waals surface area contributed by atoms with E-state index in [9.17, 15) is 14.7 Å². The Hall–Kier alpha value is -4.98. The third kappa shape index (κ3) is 4.82. The van der Waals surface area contributed by atoms with E-state index < -0.39 is 17.5 Å². The molecule has 1 heterocycles. The van der Waals surface area contributed by atoms with Gasteiger partial charge in [-0.2, -0.15) is 0 Å². The lowest BCUT2D eigenvalue weighted by Crippen LogP contribution is -2.29. The number of methoxy groups -OCH3 is 2. The van der Waals surface area contributed by atoms with E-state index in [2.05, 4.69) is 43.4 Å². The maximum Gasteiger partial charge on any atom is 0.407 e. The number of carboxylic acid groups (broad SMARTS) is 1. The van der Waals surface area contributed by atoms with E-state index in [1.165, 1.54) is 7.11 Å². The van der Waals surface area contributed by atoms with Crippen LogP contribution in [-0.2, 0) is 27.9 Å². The summed E-state index contributed by atoms with van der Waals surface area (Å²) in [6.07, 6.45) is -0.833. The summed E-state index contributed by atoms with van der Waals surface area (Å²) >= 11 is 0. The summed E-state index contributed by atoms with van der Waals surface area (Å²) in [6.45, 7) is 4.38. The van der Waals surface area contributed by atoms with Gasteiger partial charge in [-0.1, -0.05) is 74.5 Å². The highest BCUT2D eigenvalue weighted by Gasteiger charge is 2.39. The zero-order chi connectivity index (χ0) is 30.3. The normalized spacial score (nSPS) is 14.0. The van der Waals surface area contributed by atoms with E-state index in [4.69, 9.17) is 18.9 Å². The minimum Gasteiger partial charge on any atom is -0.496 e. The lowest BCUT2D eigenvalue weighted by atomic mass is 9.74. The molecule has 2 aliphatic rings. The summed E-state index contributed by atoms with van der Waals surface area (Å²) < 4.78 is 23.4.